The molecule has 220 valence electrons. The third-order valence-corrected chi connectivity index (χ3v) is 8.01. The molecular formula is C35H39ClN2O4. The van der Waals surface area contributed by atoms with E-state index in [0.717, 1.165) is 33.3 Å². The van der Waals surface area contributed by atoms with Gasteiger partial charge in [0.2, 0.25) is 5.76 Å². The molecule has 0 aliphatic rings. The molecule has 4 rings (SSSR count). The van der Waals surface area contributed by atoms with Gasteiger partial charge < -0.3 is 19.4 Å². The molecule has 3 aromatic carbocycles. The molecule has 7 heteroatoms. The third-order valence-electron chi connectivity index (χ3n) is 7.70. The summed E-state index contributed by atoms with van der Waals surface area (Å²) in [6, 6.07) is 19.6. The molecule has 4 aromatic rings. The molecule has 1 N–H and O–H groups in total. The summed E-state index contributed by atoms with van der Waals surface area (Å²) in [5, 5.41) is 4.58. The number of ether oxygens (including phenoxy) is 2. The number of fused-ring (bicyclic) bond motifs is 1. The van der Waals surface area contributed by atoms with E-state index in [2.05, 4.69) is 55.8 Å². The van der Waals surface area contributed by atoms with E-state index in [1.165, 1.54) is 12.7 Å². The average Bonchev–Trinajstić information content (AvgIpc) is 3.20. The summed E-state index contributed by atoms with van der Waals surface area (Å²) >= 11 is 6.43. The van der Waals surface area contributed by atoms with Gasteiger partial charge in [-0.25, -0.2) is 4.79 Å². The summed E-state index contributed by atoms with van der Waals surface area (Å²) in [5.41, 5.74) is 7.82. The van der Waals surface area contributed by atoms with Crippen molar-refractivity contribution in [3.05, 3.63) is 111 Å². The van der Waals surface area contributed by atoms with E-state index in [4.69, 9.17) is 21.1 Å². The van der Waals surface area contributed by atoms with Crippen LogP contribution < -0.4 is 10.1 Å². The minimum atomic E-state index is -0.558. The molecule has 0 radical (unpaired) electrons. The van der Waals surface area contributed by atoms with Crippen LogP contribution in [0.3, 0.4) is 0 Å². The number of methoxy groups -OCH3 is 1. The standard InChI is InChI=1S/C35H39ClN2O4/c1-20(2)26-10-9-11-27(17-26)23(6)37-34(39)28-13-15-31-29(18-28)22(5)24(7)38(31)19-25-12-14-30(36)32(16-25)42-33(21(3)4)35(40)41-8/h9-18,20,23H,19H2,1-8H3,(H,37,39)/t23-/m0/s1. The number of aromatic nitrogens is 1. The van der Waals surface area contributed by atoms with Crippen LogP contribution >= 0.6 is 11.6 Å². The number of nitrogens with zero attached hydrogens (tertiary/aromatic N) is 1. The van der Waals surface area contributed by atoms with Crippen molar-refractivity contribution in [1.29, 1.82) is 0 Å². The number of allylic oxidation sites excluding steroid dienone is 1. The Labute approximate surface area is 253 Å². The zero-order chi connectivity index (χ0) is 30.7. The van der Waals surface area contributed by atoms with Crippen molar-refractivity contribution in [2.24, 2.45) is 0 Å². The molecule has 0 bridgehead atoms. The van der Waals surface area contributed by atoms with Gasteiger partial charge in [0.1, 0.15) is 5.75 Å². The molecule has 1 amide bonds. The first-order chi connectivity index (χ1) is 19.9. The first-order valence-corrected chi connectivity index (χ1v) is 14.5. The van der Waals surface area contributed by atoms with Crippen LogP contribution in [0.15, 0.2) is 72.0 Å². The molecule has 0 aliphatic carbocycles. The molecule has 0 fully saturated rings. The molecule has 1 aromatic heterocycles. The molecule has 0 saturated heterocycles. The Morgan fingerprint density at radius 3 is 2.33 bits per heavy atom. The second-order valence-corrected chi connectivity index (χ2v) is 11.6. The van der Waals surface area contributed by atoms with Crippen molar-refractivity contribution < 1.29 is 19.1 Å². The van der Waals surface area contributed by atoms with Crippen LogP contribution in [0.2, 0.25) is 5.02 Å². The van der Waals surface area contributed by atoms with Crippen molar-refractivity contribution in [2.45, 2.75) is 67.0 Å². The lowest BCUT2D eigenvalue weighted by Crippen LogP contribution is -2.26. The number of halogens is 1. The Bertz CT molecular complexity index is 1680. The van der Waals surface area contributed by atoms with Gasteiger partial charge in [-0.05, 0) is 98.7 Å². The number of hydrogen-bond acceptors (Lipinski definition) is 4. The summed E-state index contributed by atoms with van der Waals surface area (Å²) in [5.74, 6) is 0.255. The van der Waals surface area contributed by atoms with Crippen molar-refractivity contribution in [2.75, 3.05) is 7.11 Å². The van der Waals surface area contributed by atoms with E-state index in [-0.39, 0.29) is 17.7 Å². The second kappa shape index (κ2) is 12.9. The lowest BCUT2D eigenvalue weighted by Gasteiger charge is -2.17. The summed E-state index contributed by atoms with van der Waals surface area (Å²) in [6.07, 6.45) is 0. The van der Waals surface area contributed by atoms with Crippen molar-refractivity contribution in [1.82, 2.24) is 9.88 Å². The van der Waals surface area contributed by atoms with Crippen molar-refractivity contribution in [3.63, 3.8) is 0 Å². The number of carbonyl (C=O) groups is 2. The SMILES string of the molecule is COC(=O)C(Oc1cc(Cn2c(C)c(C)c3cc(C(=O)N[C@@H](C)c4cccc(C(C)C)c4)ccc32)ccc1Cl)=C(C)C. The number of nitrogens with one attached hydrogen (secondary N) is 1. The van der Waals surface area contributed by atoms with E-state index >= 15 is 0 Å². The topological polar surface area (TPSA) is 69.6 Å². The number of esters is 1. The van der Waals surface area contributed by atoms with Crippen LogP contribution in [0.1, 0.15) is 84.9 Å². The van der Waals surface area contributed by atoms with Gasteiger partial charge in [-0.15, -0.1) is 0 Å². The maximum atomic E-state index is 13.3. The number of aryl methyl sites for hydroxylation is 1. The van der Waals surface area contributed by atoms with Crippen molar-refractivity contribution in [3.8, 4) is 5.75 Å². The average molecular weight is 587 g/mol. The highest BCUT2D eigenvalue weighted by atomic mass is 35.5. The molecule has 0 saturated carbocycles. The van der Waals surface area contributed by atoms with E-state index < -0.39 is 5.97 Å². The van der Waals surface area contributed by atoms with Crippen molar-refractivity contribution >= 4 is 34.4 Å². The summed E-state index contributed by atoms with van der Waals surface area (Å²) in [6.45, 7) is 14.6. The molecule has 0 aliphatic heterocycles. The Hall–Kier alpha value is -4.03. The van der Waals surface area contributed by atoms with Gasteiger partial charge in [-0.3, -0.25) is 4.79 Å². The molecule has 1 heterocycles. The zero-order valence-corrected chi connectivity index (χ0v) is 26.3. The van der Waals surface area contributed by atoms with Crippen LogP contribution in [0.25, 0.3) is 10.9 Å². The van der Waals surface area contributed by atoms with Gasteiger partial charge in [-0.2, -0.15) is 0 Å². The fourth-order valence-corrected chi connectivity index (χ4v) is 5.16. The maximum Gasteiger partial charge on any atom is 0.373 e. The predicted molar refractivity (Wildman–Crippen MR) is 169 cm³/mol. The first-order valence-electron chi connectivity index (χ1n) is 14.1. The van der Waals surface area contributed by atoms with Crippen LogP contribution in [0, 0.1) is 13.8 Å². The lowest BCUT2D eigenvalue weighted by atomic mass is 9.98. The number of benzene rings is 3. The van der Waals surface area contributed by atoms with Crippen LogP contribution in [-0.2, 0) is 16.1 Å². The van der Waals surface area contributed by atoms with Gasteiger partial charge in [-0.1, -0.05) is 55.8 Å². The van der Waals surface area contributed by atoms with Gasteiger partial charge in [0, 0.05) is 28.7 Å². The van der Waals surface area contributed by atoms with Gasteiger partial charge in [0.05, 0.1) is 18.2 Å². The van der Waals surface area contributed by atoms with E-state index in [0.29, 0.717) is 34.4 Å². The van der Waals surface area contributed by atoms with Gasteiger partial charge >= 0.3 is 5.97 Å². The number of rotatable bonds is 9. The first kappa shape index (κ1) is 30.9. The maximum absolute atomic E-state index is 13.3. The normalized spacial score (nSPS) is 11.9. The van der Waals surface area contributed by atoms with E-state index in [1.807, 2.05) is 43.3 Å². The zero-order valence-electron chi connectivity index (χ0n) is 25.6. The summed E-state index contributed by atoms with van der Waals surface area (Å²) in [7, 11) is 1.32. The number of carbonyl (C=O) groups excluding carboxylic acids is 2. The molecule has 0 unspecified atom stereocenters. The largest absolute Gasteiger partial charge is 0.463 e. The highest BCUT2D eigenvalue weighted by molar-refractivity contribution is 6.32. The number of hydrogen-bond donors (Lipinski definition) is 1. The monoisotopic (exact) mass is 586 g/mol. The van der Waals surface area contributed by atoms with Crippen LogP contribution in [-0.4, -0.2) is 23.6 Å². The fourth-order valence-electron chi connectivity index (χ4n) is 5.00. The second-order valence-electron chi connectivity index (χ2n) is 11.2. The van der Waals surface area contributed by atoms with E-state index in [9.17, 15) is 9.59 Å². The van der Waals surface area contributed by atoms with E-state index in [1.54, 1.807) is 19.9 Å². The third kappa shape index (κ3) is 6.55. The van der Waals surface area contributed by atoms with Gasteiger partial charge in [0.15, 0.2) is 0 Å². The van der Waals surface area contributed by atoms with Crippen LogP contribution in [0.5, 0.6) is 5.75 Å². The summed E-state index contributed by atoms with van der Waals surface area (Å²) in [4.78, 5) is 25.5. The molecule has 6 nitrogen and oxygen atoms in total. The Balaban J connectivity index is 1.59. The molecular weight excluding hydrogens is 548 g/mol. The molecule has 0 spiro atoms. The Kier molecular flexibility index (Phi) is 9.47. The van der Waals surface area contributed by atoms with Gasteiger partial charge in [0.25, 0.3) is 5.91 Å². The predicted octanol–water partition coefficient (Wildman–Crippen LogP) is 8.42. The smallest absolute Gasteiger partial charge is 0.373 e. The molecule has 1 atom stereocenters. The van der Waals surface area contributed by atoms with Crippen LogP contribution in [0.4, 0.5) is 0 Å². The molecule has 42 heavy (non-hydrogen) atoms. The lowest BCUT2D eigenvalue weighted by molar-refractivity contribution is -0.138. The summed E-state index contributed by atoms with van der Waals surface area (Å²) < 4.78 is 13.0. The Morgan fingerprint density at radius 2 is 1.67 bits per heavy atom. The fraction of sp³-hybridized carbons (Fsp3) is 0.314. The Morgan fingerprint density at radius 1 is 0.952 bits per heavy atom. The highest BCUT2D eigenvalue weighted by Gasteiger charge is 2.19. The minimum Gasteiger partial charge on any atom is -0.463 e. The highest BCUT2D eigenvalue weighted by Crippen LogP contribution is 2.31. The number of amides is 1. The quantitative estimate of drug-likeness (QED) is 0.121. The minimum absolute atomic E-state index is 0.107.